The van der Waals surface area contributed by atoms with Crippen LogP contribution in [0.15, 0.2) is 57.9 Å². The quantitative estimate of drug-likeness (QED) is 0.515. The molecule has 1 aromatic heterocycles. The van der Waals surface area contributed by atoms with E-state index in [1.807, 2.05) is 37.3 Å². The molecule has 32 heavy (non-hydrogen) atoms. The van der Waals surface area contributed by atoms with Crippen molar-refractivity contribution < 1.29 is 22.5 Å². The number of benzene rings is 2. The highest BCUT2D eigenvalue weighted by Gasteiger charge is 2.27. The molecular formula is C23H27N3O5S. The van der Waals surface area contributed by atoms with Crippen molar-refractivity contribution in [2.24, 2.45) is 0 Å². The molecule has 0 aliphatic heterocycles. The first-order chi connectivity index (χ1) is 15.1. The zero-order valence-corrected chi connectivity index (χ0v) is 19.6. The summed E-state index contributed by atoms with van der Waals surface area (Å²) in [5, 5.41) is 3.91. The first-order valence-electron chi connectivity index (χ1n) is 10.0. The Bertz CT molecular complexity index is 1190. The van der Waals surface area contributed by atoms with Crippen molar-refractivity contribution in [2.45, 2.75) is 31.8 Å². The number of amides is 1. The molecule has 0 aliphatic rings. The fourth-order valence-electron chi connectivity index (χ4n) is 3.36. The maximum Gasteiger partial charge on any atom is 0.253 e. The number of aromatic nitrogens is 1. The van der Waals surface area contributed by atoms with Gasteiger partial charge in [0.2, 0.25) is 10.0 Å². The lowest BCUT2D eigenvalue weighted by Gasteiger charge is -2.21. The summed E-state index contributed by atoms with van der Waals surface area (Å²) in [6, 6.07) is 13.7. The van der Waals surface area contributed by atoms with E-state index in [2.05, 4.69) is 5.16 Å². The van der Waals surface area contributed by atoms with Crippen LogP contribution in [0.5, 0.6) is 5.75 Å². The number of sulfonamides is 1. The van der Waals surface area contributed by atoms with Crippen molar-refractivity contribution in [1.82, 2.24) is 14.4 Å². The molecule has 3 rings (SSSR count). The Kier molecular flexibility index (Phi) is 7.00. The predicted octanol–water partition coefficient (Wildman–Crippen LogP) is 3.39. The Morgan fingerprint density at radius 1 is 1.06 bits per heavy atom. The zero-order valence-electron chi connectivity index (χ0n) is 18.8. The molecule has 0 saturated heterocycles. The van der Waals surface area contributed by atoms with Crippen LogP contribution in [0.2, 0.25) is 0 Å². The Labute approximate surface area is 188 Å². The van der Waals surface area contributed by atoms with Crippen LogP contribution in [-0.2, 0) is 23.1 Å². The van der Waals surface area contributed by atoms with E-state index in [1.54, 1.807) is 20.0 Å². The van der Waals surface area contributed by atoms with Crippen molar-refractivity contribution in [3.63, 3.8) is 0 Å². The lowest BCUT2D eigenvalue weighted by Crippen LogP contribution is -2.29. The van der Waals surface area contributed by atoms with Crippen molar-refractivity contribution in [3.8, 4) is 5.75 Å². The molecule has 0 atom stereocenters. The van der Waals surface area contributed by atoms with Crippen molar-refractivity contribution in [1.29, 1.82) is 0 Å². The molecule has 8 nitrogen and oxygen atoms in total. The summed E-state index contributed by atoms with van der Waals surface area (Å²) in [6.45, 7) is 4.08. The molecule has 0 bridgehead atoms. The molecule has 0 N–H and O–H groups in total. The SMILES string of the molecule is COc1ccc(C(=O)N(C)Cc2c(C)noc2C)cc1S(=O)(=O)N(C)Cc1ccccc1. The van der Waals surface area contributed by atoms with Gasteiger partial charge in [0.1, 0.15) is 16.4 Å². The molecule has 0 aliphatic carbocycles. The summed E-state index contributed by atoms with van der Waals surface area (Å²) < 4.78 is 38.3. The fourth-order valence-corrected chi connectivity index (χ4v) is 4.70. The van der Waals surface area contributed by atoms with E-state index in [0.717, 1.165) is 11.1 Å². The molecule has 170 valence electrons. The highest BCUT2D eigenvalue weighted by Crippen LogP contribution is 2.29. The number of nitrogens with zero attached hydrogens (tertiary/aromatic N) is 3. The Morgan fingerprint density at radius 2 is 1.75 bits per heavy atom. The summed E-state index contributed by atoms with van der Waals surface area (Å²) >= 11 is 0. The van der Waals surface area contributed by atoms with Crippen molar-refractivity contribution in [3.05, 3.63) is 76.7 Å². The summed E-state index contributed by atoms with van der Waals surface area (Å²) in [7, 11) is 0.634. The second kappa shape index (κ2) is 9.54. The smallest absolute Gasteiger partial charge is 0.253 e. The predicted molar refractivity (Wildman–Crippen MR) is 120 cm³/mol. The minimum absolute atomic E-state index is 0.0602. The van der Waals surface area contributed by atoms with Crippen LogP contribution in [0.3, 0.4) is 0 Å². The first-order valence-corrected chi connectivity index (χ1v) is 11.4. The minimum atomic E-state index is -3.91. The summed E-state index contributed by atoms with van der Waals surface area (Å²) in [5.41, 5.74) is 2.63. The fraction of sp³-hybridized carbons (Fsp3) is 0.304. The van der Waals surface area contributed by atoms with Gasteiger partial charge in [-0.2, -0.15) is 4.31 Å². The van der Waals surface area contributed by atoms with Crippen LogP contribution in [0.25, 0.3) is 0 Å². The molecular weight excluding hydrogens is 430 g/mol. The number of hydrogen-bond acceptors (Lipinski definition) is 6. The molecule has 0 spiro atoms. The Balaban J connectivity index is 1.89. The minimum Gasteiger partial charge on any atom is -0.495 e. The van der Waals surface area contributed by atoms with E-state index in [0.29, 0.717) is 18.0 Å². The maximum atomic E-state index is 13.3. The van der Waals surface area contributed by atoms with E-state index in [4.69, 9.17) is 9.26 Å². The van der Waals surface area contributed by atoms with E-state index in [1.165, 1.54) is 35.5 Å². The highest BCUT2D eigenvalue weighted by atomic mass is 32.2. The molecule has 2 aromatic carbocycles. The van der Waals surface area contributed by atoms with Gasteiger partial charge in [0.05, 0.1) is 19.3 Å². The van der Waals surface area contributed by atoms with E-state index in [9.17, 15) is 13.2 Å². The second-order valence-electron chi connectivity index (χ2n) is 7.58. The average Bonchev–Trinajstić information content (AvgIpc) is 3.10. The standard InChI is InChI=1S/C23H27N3O5S/c1-16-20(17(2)31-24-16)15-25(3)23(27)19-11-12-21(30-5)22(13-19)32(28,29)26(4)14-18-9-7-6-8-10-18/h6-13H,14-15H2,1-5H3. The normalized spacial score (nSPS) is 11.6. The summed E-state index contributed by atoms with van der Waals surface area (Å²) in [5.74, 6) is 0.493. The summed E-state index contributed by atoms with van der Waals surface area (Å²) in [6.07, 6.45) is 0. The van der Waals surface area contributed by atoms with Crippen LogP contribution >= 0.6 is 0 Å². The molecule has 3 aromatic rings. The van der Waals surface area contributed by atoms with E-state index < -0.39 is 10.0 Å². The number of aryl methyl sites for hydroxylation is 2. The molecule has 0 saturated carbocycles. The van der Waals surface area contributed by atoms with Crippen LogP contribution in [-0.4, -0.2) is 49.9 Å². The van der Waals surface area contributed by atoms with Gasteiger partial charge in [-0.05, 0) is 37.6 Å². The van der Waals surface area contributed by atoms with Gasteiger partial charge < -0.3 is 14.2 Å². The molecule has 0 radical (unpaired) electrons. The molecule has 0 unspecified atom stereocenters. The van der Waals surface area contributed by atoms with E-state index in [-0.39, 0.29) is 28.7 Å². The Morgan fingerprint density at radius 3 is 2.34 bits per heavy atom. The number of hydrogen-bond donors (Lipinski definition) is 0. The number of carbonyl (C=O) groups is 1. The first kappa shape index (κ1) is 23.5. The third-order valence-electron chi connectivity index (χ3n) is 5.27. The van der Waals surface area contributed by atoms with Gasteiger partial charge >= 0.3 is 0 Å². The van der Waals surface area contributed by atoms with Gasteiger partial charge in [0.15, 0.2) is 0 Å². The number of ether oxygens (including phenoxy) is 1. The van der Waals surface area contributed by atoms with Crippen LogP contribution < -0.4 is 4.74 Å². The Hall–Kier alpha value is -3.17. The number of methoxy groups -OCH3 is 1. The molecule has 0 fully saturated rings. The number of carbonyl (C=O) groups excluding carboxylic acids is 1. The second-order valence-corrected chi connectivity index (χ2v) is 9.59. The van der Waals surface area contributed by atoms with Crippen LogP contribution in [0.4, 0.5) is 0 Å². The van der Waals surface area contributed by atoms with Gasteiger partial charge in [-0.3, -0.25) is 4.79 Å². The van der Waals surface area contributed by atoms with Gasteiger partial charge in [0.25, 0.3) is 5.91 Å². The van der Waals surface area contributed by atoms with Crippen LogP contribution in [0, 0.1) is 13.8 Å². The van der Waals surface area contributed by atoms with Gasteiger partial charge in [-0.25, -0.2) is 8.42 Å². The largest absolute Gasteiger partial charge is 0.495 e. The maximum absolute atomic E-state index is 13.3. The van der Waals surface area contributed by atoms with Gasteiger partial charge in [0, 0.05) is 31.8 Å². The number of rotatable bonds is 8. The highest BCUT2D eigenvalue weighted by molar-refractivity contribution is 7.89. The lowest BCUT2D eigenvalue weighted by atomic mass is 10.1. The zero-order chi connectivity index (χ0) is 23.5. The monoisotopic (exact) mass is 457 g/mol. The molecule has 1 amide bonds. The van der Waals surface area contributed by atoms with Crippen molar-refractivity contribution in [2.75, 3.05) is 21.2 Å². The van der Waals surface area contributed by atoms with Crippen molar-refractivity contribution >= 4 is 15.9 Å². The third kappa shape index (κ3) is 4.84. The van der Waals surface area contributed by atoms with Crippen LogP contribution in [0.1, 0.15) is 32.9 Å². The van der Waals surface area contributed by atoms with Gasteiger partial charge in [-0.1, -0.05) is 35.5 Å². The van der Waals surface area contributed by atoms with Gasteiger partial charge in [-0.15, -0.1) is 0 Å². The van der Waals surface area contributed by atoms with E-state index >= 15 is 0 Å². The average molecular weight is 458 g/mol. The third-order valence-corrected chi connectivity index (χ3v) is 7.09. The topological polar surface area (TPSA) is 93.0 Å². The molecule has 1 heterocycles. The lowest BCUT2D eigenvalue weighted by molar-refractivity contribution is 0.0784. The summed E-state index contributed by atoms with van der Waals surface area (Å²) in [4.78, 5) is 14.5. The molecule has 9 heteroatoms.